The summed E-state index contributed by atoms with van der Waals surface area (Å²) < 4.78 is 1.09. The van der Waals surface area contributed by atoms with Crippen molar-refractivity contribution in [1.82, 2.24) is 10.7 Å². The van der Waals surface area contributed by atoms with E-state index in [-0.39, 0.29) is 11.4 Å². The zero-order chi connectivity index (χ0) is 18.9. The molecular weight excluding hydrogens is 358 g/mol. The van der Waals surface area contributed by atoms with Crippen molar-refractivity contribution >= 4 is 50.7 Å². The van der Waals surface area contributed by atoms with E-state index in [2.05, 4.69) is 40.3 Å². The number of fused-ring (bicyclic) bond motifs is 5. The molecular formula is C20H27N5OS. The largest absolute Gasteiger partial charge is 0.381 e. The topological polar surface area (TPSA) is 77.5 Å². The van der Waals surface area contributed by atoms with E-state index >= 15 is 0 Å². The number of carbonyl (C=O) groups excluding carboxylic acids is 1. The van der Waals surface area contributed by atoms with Crippen LogP contribution in [0.4, 0.5) is 17.1 Å². The zero-order valence-corrected chi connectivity index (χ0v) is 16.8. The fourth-order valence-corrected chi connectivity index (χ4v) is 5.09. The number of benzene rings is 1. The van der Waals surface area contributed by atoms with E-state index in [1.165, 1.54) is 0 Å². The predicted molar refractivity (Wildman–Crippen MR) is 114 cm³/mol. The van der Waals surface area contributed by atoms with Gasteiger partial charge >= 0.3 is 0 Å². The SMILES string of the molecule is CCCCC1(CCCC)CNc2c(sc3ccc4c(c23)NNC=N4)C(=O)N1. The van der Waals surface area contributed by atoms with Crippen LogP contribution < -0.4 is 21.5 Å². The minimum atomic E-state index is -0.174. The van der Waals surface area contributed by atoms with E-state index in [0.717, 1.165) is 77.1 Å². The average molecular weight is 386 g/mol. The van der Waals surface area contributed by atoms with Crippen molar-refractivity contribution in [3.05, 3.63) is 17.0 Å². The molecule has 0 atom stereocenters. The molecule has 4 rings (SSSR count). The maximum atomic E-state index is 13.2. The van der Waals surface area contributed by atoms with E-state index in [4.69, 9.17) is 0 Å². The second kappa shape index (κ2) is 7.38. The van der Waals surface area contributed by atoms with Gasteiger partial charge in [0.05, 0.1) is 22.6 Å². The number of unbranched alkanes of at least 4 members (excludes halogenated alkanes) is 2. The summed E-state index contributed by atoms with van der Waals surface area (Å²) in [5.74, 6) is 0.0458. The Balaban J connectivity index is 1.75. The summed E-state index contributed by atoms with van der Waals surface area (Å²) in [6, 6.07) is 4.04. The molecule has 3 heterocycles. The van der Waals surface area contributed by atoms with Crippen molar-refractivity contribution < 1.29 is 4.79 Å². The average Bonchev–Trinajstić information content (AvgIpc) is 3.02. The zero-order valence-electron chi connectivity index (χ0n) is 15.9. The number of nitrogens with zero attached hydrogens (tertiary/aromatic N) is 1. The highest BCUT2D eigenvalue weighted by Gasteiger charge is 2.36. The van der Waals surface area contributed by atoms with Crippen LogP contribution in [0.25, 0.3) is 10.1 Å². The van der Waals surface area contributed by atoms with Crippen molar-refractivity contribution in [2.45, 2.75) is 57.9 Å². The highest BCUT2D eigenvalue weighted by Crippen LogP contribution is 2.46. The fourth-order valence-electron chi connectivity index (χ4n) is 4.01. The van der Waals surface area contributed by atoms with Crippen molar-refractivity contribution in [3.63, 3.8) is 0 Å². The molecule has 0 unspecified atom stereocenters. The van der Waals surface area contributed by atoms with E-state index in [9.17, 15) is 4.79 Å². The van der Waals surface area contributed by atoms with Crippen LogP contribution in [0.1, 0.15) is 62.0 Å². The summed E-state index contributed by atoms with van der Waals surface area (Å²) >= 11 is 1.55. The molecule has 2 aromatic rings. The van der Waals surface area contributed by atoms with Crippen LogP contribution in [-0.4, -0.2) is 24.3 Å². The van der Waals surface area contributed by atoms with Crippen LogP contribution in [-0.2, 0) is 0 Å². The lowest BCUT2D eigenvalue weighted by molar-refractivity contribution is 0.0899. The molecule has 27 heavy (non-hydrogen) atoms. The number of aliphatic imine (C=N–C) groups is 1. The number of hydrazine groups is 1. The summed E-state index contributed by atoms with van der Waals surface area (Å²) in [5.41, 5.74) is 8.75. The van der Waals surface area contributed by atoms with Gasteiger partial charge in [-0.1, -0.05) is 39.5 Å². The second-order valence-corrected chi connectivity index (χ2v) is 8.51. The highest BCUT2D eigenvalue weighted by atomic mass is 32.1. The number of anilines is 2. The number of rotatable bonds is 6. The van der Waals surface area contributed by atoms with Crippen LogP contribution in [0.3, 0.4) is 0 Å². The first kappa shape index (κ1) is 18.1. The summed E-state index contributed by atoms with van der Waals surface area (Å²) in [6.07, 6.45) is 8.17. The first-order valence-electron chi connectivity index (χ1n) is 9.87. The third kappa shape index (κ3) is 3.25. The van der Waals surface area contributed by atoms with E-state index in [0.29, 0.717) is 0 Å². The third-order valence-electron chi connectivity index (χ3n) is 5.51. The molecule has 0 spiro atoms. The van der Waals surface area contributed by atoms with Crippen LogP contribution in [0.15, 0.2) is 17.1 Å². The Morgan fingerprint density at radius 1 is 1.15 bits per heavy atom. The lowest BCUT2D eigenvalue weighted by Gasteiger charge is -2.34. The van der Waals surface area contributed by atoms with Gasteiger partial charge in [-0.3, -0.25) is 15.6 Å². The Morgan fingerprint density at radius 3 is 2.67 bits per heavy atom. The molecule has 0 saturated heterocycles. The number of nitrogens with one attached hydrogen (secondary N) is 4. The summed E-state index contributed by atoms with van der Waals surface area (Å²) in [6.45, 7) is 5.17. The number of amides is 1. The molecule has 4 N–H and O–H groups in total. The maximum absolute atomic E-state index is 13.2. The molecule has 0 fully saturated rings. The Labute approximate surface area is 163 Å². The molecule has 0 aliphatic carbocycles. The van der Waals surface area contributed by atoms with Gasteiger partial charge in [0.2, 0.25) is 0 Å². The first-order valence-corrected chi connectivity index (χ1v) is 10.7. The fraction of sp³-hybridized carbons (Fsp3) is 0.500. The second-order valence-electron chi connectivity index (χ2n) is 7.46. The summed E-state index contributed by atoms with van der Waals surface area (Å²) in [5, 5.41) is 8.10. The van der Waals surface area contributed by atoms with Gasteiger partial charge in [-0.2, -0.15) is 0 Å². The van der Waals surface area contributed by atoms with Gasteiger partial charge < -0.3 is 10.6 Å². The first-order chi connectivity index (χ1) is 13.2. The molecule has 0 radical (unpaired) electrons. The molecule has 6 nitrogen and oxygen atoms in total. The predicted octanol–water partition coefficient (Wildman–Crippen LogP) is 4.77. The van der Waals surface area contributed by atoms with Gasteiger partial charge in [-0.25, -0.2) is 4.99 Å². The van der Waals surface area contributed by atoms with Crippen molar-refractivity contribution in [1.29, 1.82) is 0 Å². The van der Waals surface area contributed by atoms with Crippen molar-refractivity contribution in [2.75, 3.05) is 17.3 Å². The number of hydrogen-bond acceptors (Lipinski definition) is 6. The molecule has 144 valence electrons. The highest BCUT2D eigenvalue weighted by molar-refractivity contribution is 7.21. The van der Waals surface area contributed by atoms with Crippen LogP contribution >= 0.6 is 11.3 Å². The molecule has 2 aliphatic rings. The van der Waals surface area contributed by atoms with Crippen LogP contribution in [0.2, 0.25) is 0 Å². The van der Waals surface area contributed by atoms with E-state index in [1.807, 2.05) is 12.1 Å². The van der Waals surface area contributed by atoms with Crippen LogP contribution in [0, 0.1) is 0 Å². The lowest BCUT2D eigenvalue weighted by Crippen LogP contribution is -2.51. The molecule has 0 bridgehead atoms. The normalized spacial score (nSPS) is 17.2. The number of carbonyl (C=O) groups is 1. The van der Waals surface area contributed by atoms with Gasteiger partial charge in [-0.05, 0) is 25.0 Å². The smallest absolute Gasteiger partial charge is 0.264 e. The molecule has 2 aliphatic heterocycles. The van der Waals surface area contributed by atoms with Crippen molar-refractivity contribution in [3.8, 4) is 0 Å². The van der Waals surface area contributed by atoms with E-state index < -0.39 is 0 Å². The Bertz CT molecular complexity index is 880. The van der Waals surface area contributed by atoms with Gasteiger partial charge in [0.25, 0.3) is 5.91 Å². The Hall–Kier alpha value is -2.28. The molecule has 1 aromatic heterocycles. The number of thiophene rings is 1. The third-order valence-corrected chi connectivity index (χ3v) is 6.66. The summed E-state index contributed by atoms with van der Waals surface area (Å²) in [7, 11) is 0. The van der Waals surface area contributed by atoms with E-state index in [1.54, 1.807) is 17.7 Å². The maximum Gasteiger partial charge on any atom is 0.264 e. The van der Waals surface area contributed by atoms with Gasteiger partial charge in [0.1, 0.15) is 11.2 Å². The summed E-state index contributed by atoms with van der Waals surface area (Å²) in [4.78, 5) is 18.3. The van der Waals surface area contributed by atoms with Crippen molar-refractivity contribution in [2.24, 2.45) is 4.99 Å². The van der Waals surface area contributed by atoms with Crippen LogP contribution in [0.5, 0.6) is 0 Å². The minimum absolute atomic E-state index is 0.0458. The molecule has 1 amide bonds. The quantitative estimate of drug-likeness (QED) is 0.578. The molecule has 0 saturated carbocycles. The minimum Gasteiger partial charge on any atom is -0.381 e. The monoisotopic (exact) mass is 385 g/mol. The number of hydrogen-bond donors (Lipinski definition) is 4. The molecule has 1 aromatic carbocycles. The Kier molecular flexibility index (Phi) is 4.95. The Morgan fingerprint density at radius 2 is 1.93 bits per heavy atom. The van der Waals surface area contributed by atoms with Gasteiger partial charge in [0.15, 0.2) is 0 Å². The van der Waals surface area contributed by atoms with Gasteiger partial charge in [0, 0.05) is 16.6 Å². The molecule has 7 heteroatoms. The standard InChI is InChI=1S/C20H27N5OS/c1-3-5-9-20(10-6-4-2)11-21-17-15-14(27-18(17)19(26)24-20)8-7-13-16(15)25-23-12-22-13/h7-8,12,21,25H,3-6,9-11H2,1-2H3,(H,22,23)(H,24,26). The lowest BCUT2D eigenvalue weighted by atomic mass is 9.87. The van der Waals surface area contributed by atoms with Gasteiger partial charge in [-0.15, -0.1) is 11.3 Å².